The number of phenolic OH excluding ortho intramolecular Hbond substituents is 1. The van der Waals surface area contributed by atoms with E-state index >= 15 is 0 Å². The van der Waals surface area contributed by atoms with Crippen LogP contribution in [-0.2, 0) is 18.9 Å². The van der Waals surface area contributed by atoms with Gasteiger partial charge in [0.1, 0.15) is 16.3 Å². The molecule has 5 aromatic rings. The summed E-state index contributed by atoms with van der Waals surface area (Å²) in [6, 6.07) is 3.86. The van der Waals surface area contributed by atoms with Crippen molar-refractivity contribution in [3.05, 3.63) is 74.8 Å². The van der Waals surface area contributed by atoms with E-state index in [1.54, 1.807) is 0 Å². The largest absolute Gasteiger partial charge is 0.505 e. The number of rotatable bonds is 4. The Hall–Kier alpha value is -3.78. The smallest absolute Gasteiger partial charge is 0.451 e. The topological polar surface area (TPSA) is 93.8 Å². The highest BCUT2D eigenvalue weighted by atomic mass is 35.5. The van der Waals surface area contributed by atoms with Crippen LogP contribution in [0.25, 0.3) is 31.7 Å². The highest BCUT2D eigenvalue weighted by Crippen LogP contribution is 2.46. The minimum Gasteiger partial charge on any atom is -0.505 e. The molecule has 15 heteroatoms. The lowest BCUT2D eigenvalue weighted by Gasteiger charge is -2.17. The van der Waals surface area contributed by atoms with E-state index in [2.05, 4.69) is 19.9 Å². The fourth-order valence-electron chi connectivity index (χ4n) is 4.45. The molecule has 206 valence electrons. The number of aromatic hydroxyl groups is 1. The lowest BCUT2D eigenvalue weighted by atomic mass is 10.0. The number of thiophene rings is 1. The zero-order valence-electron chi connectivity index (χ0n) is 19.8. The molecule has 1 aliphatic carbocycles. The third kappa shape index (κ3) is 4.54. The third-order valence-corrected chi connectivity index (χ3v) is 7.88. The predicted molar refractivity (Wildman–Crippen MR) is 134 cm³/mol. The molecular formula is C25H14ClF6N5O2S. The molecule has 1 fully saturated rings. The maximum absolute atomic E-state index is 13.9. The summed E-state index contributed by atoms with van der Waals surface area (Å²) < 4.78 is 80.8. The van der Waals surface area contributed by atoms with Crippen LogP contribution in [0.2, 0.25) is 5.02 Å². The lowest BCUT2D eigenvalue weighted by Crippen LogP contribution is -2.24. The molecule has 6 rings (SSSR count). The molecule has 1 saturated carbocycles. The van der Waals surface area contributed by atoms with Crippen LogP contribution in [-0.4, -0.2) is 29.6 Å². The average molecular weight is 598 g/mol. The van der Waals surface area contributed by atoms with Crippen molar-refractivity contribution in [3.8, 4) is 17.1 Å². The van der Waals surface area contributed by atoms with Gasteiger partial charge in [-0.3, -0.25) is 14.3 Å². The highest BCUT2D eigenvalue weighted by Gasteiger charge is 2.37. The van der Waals surface area contributed by atoms with Crippen LogP contribution in [0.3, 0.4) is 0 Å². The Kier molecular flexibility index (Phi) is 6.03. The number of halogens is 7. The molecule has 40 heavy (non-hydrogen) atoms. The Morgan fingerprint density at radius 2 is 1.73 bits per heavy atom. The number of hydrogen-bond donors (Lipinski definition) is 1. The molecule has 0 saturated heterocycles. The summed E-state index contributed by atoms with van der Waals surface area (Å²) in [5.74, 6) is -1.87. The molecule has 0 radical (unpaired) electrons. The maximum Gasteiger partial charge on any atom is 0.451 e. The molecule has 1 aromatic carbocycles. The van der Waals surface area contributed by atoms with Crippen LogP contribution in [0.15, 0.2) is 41.6 Å². The average Bonchev–Trinajstić information content (AvgIpc) is 3.67. The summed E-state index contributed by atoms with van der Waals surface area (Å²) in [4.78, 5) is 29.0. The van der Waals surface area contributed by atoms with Crippen molar-refractivity contribution >= 4 is 43.2 Å². The molecule has 0 atom stereocenters. The van der Waals surface area contributed by atoms with E-state index in [-0.39, 0.29) is 55.1 Å². The first-order valence-electron chi connectivity index (χ1n) is 11.6. The summed E-state index contributed by atoms with van der Waals surface area (Å²) in [7, 11) is 0. The van der Waals surface area contributed by atoms with Crippen molar-refractivity contribution in [1.29, 1.82) is 0 Å². The van der Waals surface area contributed by atoms with E-state index in [4.69, 9.17) is 11.6 Å². The third-order valence-electron chi connectivity index (χ3n) is 6.47. The minimum absolute atomic E-state index is 0.0299. The van der Waals surface area contributed by atoms with Crippen LogP contribution in [0.4, 0.5) is 26.3 Å². The van der Waals surface area contributed by atoms with Crippen LogP contribution in [0.5, 0.6) is 5.75 Å². The fraction of sp³-hybridized carbons (Fsp3) is 0.240. The number of benzene rings is 1. The normalized spacial score (nSPS) is 14.4. The number of pyridine rings is 1. The predicted octanol–water partition coefficient (Wildman–Crippen LogP) is 6.79. The lowest BCUT2D eigenvalue weighted by molar-refractivity contribution is -0.145. The second kappa shape index (κ2) is 9.13. The van der Waals surface area contributed by atoms with Crippen molar-refractivity contribution < 1.29 is 31.4 Å². The molecule has 0 spiro atoms. The number of hydrogen-bond acceptors (Lipinski definition) is 7. The van der Waals surface area contributed by atoms with Crippen molar-refractivity contribution in [2.75, 3.05) is 0 Å². The molecule has 1 N–H and O–H groups in total. The molecule has 4 heterocycles. The Morgan fingerprint density at radius 3 is 2.35 bits per heavy atom. The fourth-order valence-corrected chi connectivity index (χ4v) is 5.77. The monoisotopic (exact) mass is 597 g/mol. The summed E-state index contributed by atoms with van der Waals surface area (Å²) in [5.41, 5.74) is -1.11. The van der Waals surface area contributed by atoms with Crippen LogP contribution in [0, 0.1) is 0 Å². The van der Waals surface area contributed by atoms with Crippen LogP contribution < -0.4 is 5.56 Å². The SMILES string of the molecule is O=c1c2c(nc(-c3cnc(C(F)(F)F)cc3C3CC3)n1Cc1cnc(C(F)(F)F)nc1)sc1c(O)c(Cl)ccc12. The Bertz CT molecular complexity index is 1860. The van der Waals surface area contributed by atoms with Gasteiger partial charge in [0.25, 0.3) is 5.56 Å². The molecule has 1 aliphatic rings. The quantitative estimate of drug-likeness (QED) is 0.229. The first kappa shape index (κ1) is 26.4. The standard InChI is InChI=1S/C25H14ClF6N5O2S/c26-15-4-3-12-17-21(40-19(12)18(15)38)36-20(14-8-33-16(24(27,28)29)5-13(14)11-1-2-11)37(22(17)39)9-10-6-34-23(35-7-10)25(30,31)32/h3-8,11,38H,1-2,9H2. The number of fused-ring (bicyclic) bond motifs is 3. The summed E-state index contributed by atoms with van der Waals surface area (Å²) in [6.07, 6.45) is -5.37. The van der Waals surface area contributed by atoms with Crippen molar-refractivity contribution in [2.45, 2.75) is 37.7 Å². The van der Waals surface area contributed by atoms with Gasteiger partial charge in [-0.2, -0.15) is 26.3 Å². The first-order chi connectivity index (χ1) is 18.8. The van der Waals surface area contributed by atoms with Gasteiger partial charge in [-0.25, -0.2) is 15.0 Å². The first-order valence-corrected chi connectivity index (χ1v) is 12.8. The Morgan fingerprint density at radius 1 is 1.02 bits per heavy atom. The number of alkyl halides is 6. The number of nitrogens with zero attached hydrogens (tertiary/aromatic N) is 5. The maximum atomic E-state index is 13.9. The van der Waals surface area contributed by atoms with Crippen LogP contribution >= 0.6 is 22.9 Å². The molecule has 0 unspecified atom stereocenters. The van der Waals surface area contributed by atoms with E-state index < -0.39 is 29.4 Å². The van der Waals surface area contributed by atoms with Gasteiger partial charge in [0, 0.05) is 35.1 Å². The van der Waals surface area contributed by atoms with Gasteiger partial charge in [-0.1, -0.05) is 17.7 Å². The Balaban J connectivity index is 1.61. The van der Waals surface area contributed by atoms with E-state index in [1.807, 2.05) is 0 Å². The van der Waals surface area contributed by atoms with E-state index in [1.165, 1.54) is 12.1 Å². The zero-order valence-corrected chi connectivity index (χ0v) is 21.4. The van der Waals surface area contributed by atoms with Gasteiger partial charge in [0.05, 0.1) is 21.7 Å². The number of phenols is 1. The van der Waals surface area contributed by atoms with Crippen LogP contribution in [0.1, 0.15) is 41.4 Å². The summed E-state index contributed by atoms with van der Waals surface area (Å²) in [5, 5.41) is 11.0. The molecule has 7 nitrogen and oxygen atoms in total. The molecule has 4 aromatic heterocycles. The van der Waals surface area contributed by atoms with Gasteiger partial charge >= 0.3 is 12.4 Å². The Labute approximate surface area is 228 Å². The molecule has 0 aliphatic heterocycles. The van der Waals surface area contributed by atoms with E-state index in [0.29, 0.717) is 23.8 Å². The molecular weight excluding hydrogens is 584 g/mol. The van der Waals surface area contributed by atoms with Gasteiger partial charge < -0.3 is 5.11 Å². The summed E-state index contributed by atoms with van der Waals surface area (Å²) >= 11 is 7.01. The minimum atomic E-state index is -4.77. The highest BCUT2D eigenvalue weighted by molar-refractivity contribution is 7.25. The number of aromatic nitrogens is 5. The zero-order chi connectivity index (χ0) is 28.6. The van der Waals surface area contributed by atoms with Gasteiger partial charge in [-0.15, -0.1) is 11.3 Å². The van der Waals surface area contributed by atoms with Crippen molar-refractivity contribution in [1.82, 2.24) is 24.5 Å². The summed E-state index contributed by atoms with van der Waals surface area (Å²) in [6.45, 7) is -0.336. The second-order valence-corrected chi connectivity index (χ2v) is 10.6. The van der Waals surface area contributed by atoms with Crippen molar-refractivity contribution in [3.63, 3.8) is 0 Å². The van der Waals surface area contributed by atoms with Gasteiger partial charge in [0.2, 0.25) is 5.82 Å². The van der Waals surface area contributed by atoms with Crippen molar-refractivity contribution in [2.24, 2.45) is 0 Å². The molecule has 0 bridgehead atoms. The van der Waals surface area contributed by atoms with Gasteiger partial charge in [0.15, 0.2) is 5.75 Å². The van der Waals surface area contributed by atoms with Gasteiger partial charge in [-0.05, 0) is 36.5 Å². The van der Waals surface area contributed by atoms with E-state index in [9.17, 15) is 36.2 Å². The second-order valence-electron chi connectivity index (χ2n) is 9.22. The van der Waals surface area contributed by atoms with E-state index in [0.717, 1.165) is 40.6 Å². The molecule has 0 amide bonds.